The molecule has 1 aliphatic heterocycles. The first kappa shape index (κ1) is 20.8. The van der Waals surface area contributed by atoms with Crippen LogP contribution in [0, 0.1) is 0 Å². The molecule has 2 aromatic heterocycles. The molecule has 162 valence electrons. The largest absolute Gasteiger partial charge is 0.459 e. The Labute approximate surface area is 180 Å². The topological polar surface area (TPSA) is 105 Å². The summed E-state index contributed by atoms with van der Waals surface area (Å²) in [5.41, 5.74) is 1.55. The number of amides is 2. The molecule has 0 aliphatic carbocycles. The van der Waals surface area contributed by atoms with Gasteiger partial charge in [0.25, 0.3) is 5.89 Å². The van der Waals surface area contributed by atoms with E-state index >= 15 is 0 Å². The van der Waals surface area contributed by atoms with Crippen LogP contribution in [0.15, 0.2) is 51.5 Å². The molecule has 0 saturated carbocycles. The maximum atomic E-state index is 12.6. The second-order valence-electron chi connectivity index (χ2n) is 7.43. The molecule has 1 saturated heterocycles. The number of furan rings is 1. The average Bonchev–Trinajstić information content (AvgIpc) is 3.50. The summed E-state index contributed by atoms with van der Waals surface area (Å²) in [6.45, 7) is 4.06. The zero-order valence-corrected chi connectivity index (χ0v) is 17.4. The maximum Gasteiger partial charge on any atom is 0.283 e. The van der Waals surface area contributed by atoms with Crippen LogP contribution in [-0.2, 0) is 16.1 Å². The molecule has 1 aliphatic rings. The first-order valence-electron chi connectivity index (χ1n) is 10.4. The van der Waals surface area contributed by atoms with Gasteiger partial charge in [0.15, 0.2) is 5.76 Å². The summed E-state index contributed by atoms with van der Waals surface area (Å²) in [6.07, 6.45) is 3.90. The van der Waals surface area contributed by atoms with E-state index in [0.717, 1.165) is 25.1 Å². The first-order chi connectivity index (χ1) is 15.1. The fraction of sp³-hybridized carbons (Fsp3) is 0.364. The van der Waals surface area contributed by atoms with Gasteiger partial charge in [-0.25, -0.2) is 0 Å². The number of carbonyl (C=O) groups is 2. The summed E-state index contributed by atoms with van der Waals surface area (Å²) < 4.78 is 10.9. The van der Waals surface area contributed by atoms with Crippen molar-refractivity contribution >= 4 is 23.2 Å². The van der Waals surface area contributed by atoms with Crippen molar-refractivity contribution in [3.05, 3.63) is 48.6 Å². The highest BCUT2D eigenvalue weighted by Crippen LogP contribution is 2.23. The van der Waals surface area contributed by atoms with Crippen molar-refractivity contribution in [3.8, 4) is 11.7 Å². The molecule has 0 atom stereocenters. The van der Waals surface area contributed by atoms with Crippen molar-refractivity contribution in [3.63, 3.8) is 0 Å². The van der Waals surface area contributed by atoms with Gasteiger partial charge in [-0.15, -0.1) is 10.2 Å². The second-order valence-corrected chi connectivity index (χ2v) is 7.43. The van der Waals surface area contributed by atoms with Crippen LogP contribution in [0.4, 0.5) is 11.4 Å². The monoisotopic (exact) mass is 423 g/mol. The quantitative estimate of drug-likeness (QED) is 0.563. The van der Waals surface area contributed by atoms with Crippen molar-refractivity contribution in [2.75, 3.05) is 29.9 Å². The Kier molecular flexibility index (Phi) is 6.42. The summed E-state index contributed by atoms with van der Waals surface area (Å²) in [6, 6.07) is 10.9. The Hall–Kier alpha value is -3.46. The molecule has 31 heavy (non-hydrogen) atoms. The van der Waals surface area contributed by atoms with E-state index in [1.54, 1.807) is 23.3 Å². The van der Waals surface area contributed by atoms with Gasteiger partial charge in [0.1, 0.15) is 0 Å². The SMILES string of the molecule is CCCN(CC(=O)Nc1ccc(N2CCCC2=O)cc1)Cc1nnc(-c2ccco2)o1. The van der Waals surface area contributed by atoms with Crippen molar-refractivity contribution in [1.29, 1.82) is 0 Å². The Balaban J connectivity index is 1.33. The zero-order valence-electron chi connectivity index (χ0n) is 17.4. The Morgan fingerprint density at radius 3 is 2.74 bits per heavy atom. The fourth-order valence-corrected chi connectivity index (χ4v) is 3.59. The molecule has 2 amide bonds. The molecule has 3 heterocycles. The lowest BCUT2D eigenvalue weighted by molar-refractivity contribution is -0.118. The smallest absolute Gasteiger partial charge is 0.283 e. The van der Waals surface area contributed by atoms with Crippen LogP contribution in [0.1, 0.15) is 32.1 Å². The fourth-order valence-electron chi connectivity index (χ4n) is 3.59. The van der Waals surface area contributed by atoms with Gasteiger partial charge in [-0.1, -0.05) is 6.92 Å². The van der Waals surface area contributed by atoms with Gasteiger partial charge in [-0.2, -0.15) is 0 Å². The molecule has 0 spiro atoms. The van der Waals surface area contributed by atoms with Crippen molar-refractivity contribution < 1.29 is 18.4 Å². The van der Waals surface area contributed by atoms with Crippen molar-refractivity contribution in [2.45, 2.75) is 32.7 Å². The third kappa shape index (κ3) is 5.18. The lowest BCUT2D eigenvalue weighted by atomic mass is 10.2. The maximum absolute atomic E-state index is 12.6. The van der Waals surface area contributed by atoms with Crippen LogP contribution < -0.4 is 10.2 Å². The molecule has 1 aromatic carbocycles. The molecule has 3 aromatic rings. The number of hydrogen-bond donors (Lipinski definition) is 1. The van der Waals surface area contributed by atoms with Gasteiger partial charge < -0.3 is 19.1 Å². The van der Waals surface area contributed by atoms with Gasteiger partial charge >= 0.3 is 0 Å². The Bertz CT molecular complexity index is 1010. The number of benzene rings is 1. The molecule has 0 bridgehead atoms. The highest BCUT2D eigenvalue weighted by Gasteiger charge is 2.21. The van der Waals surface area contributed by atoms with Crippen molar-refractivity contribution in [1.82, 2.24) is 15.1 Å². The lowest BCUT2D eigenvalue weighted by Gasteiger charge is -2.19. The van der Waals surface area contributed by atoms with Crippen LogP contribution >= 0.6 is 0 Å². The van der Waals surface area contributed by atoms with Crippen LogP contribution in [0.2, 0.25) is 0 Å². The molecule has 1 N–H and O–H groups in total. The first-order valence-corrected chi connectivity index (χ1v) is 10.4. The van der Waals surface area contributed by atoms with E-state index in [0.29, 0.717) is 42.7 Å². The summed E-state index contributed by atoms with van der Waals surface area (Å²) >= 11 is 0. The third-order valence-corrected chi connectivity index (χ3v) is 5.00. The van der Waals surface area contributed by atoms with E-state index in [1.165, 1.54) is 0 Å². The van der Waals surface area contributed by atoms with Gasteiger partial charge in [-0.05, 0) is 55.8 Å². The van der Waals surface area contributed by atoms with Crippen molar-refractivity contribution in [2.24, 2.45) is 0 Å². The number of carbonyl (C=O) groups excluding carboxylic acids is 2. The van der Waals surface area contributed by atoms with Crippen LogP contribution in [0.3, 0.4) is 0 Å². The predicted octanol–water partition coefficient (Wildman–Crippen LogP) is 3.31. The number of nitrogens with one attached hydrogen (secondary N) is 1. The minimum Gasteiger partial charge on any atom is -0.459 e. The molecule has 1 fully saturated rings. The highest BCUT2D eigenvalue weighted by atomic mass is 16.4. The van der Waals surface area contributed by atoms with Gasteiger partial charge in [0.05, 0.1) is 19.4 Å². The Morgan fingerprint density at radius 2 is 2.06 bits per heavy atom. The highest BCUT2D eigenvalue weighted by molar-refractivity contribution is 5.96. The number of rotatable bonds is 9. The van der Waals surface area contributed by atoms with Crippen LogP contribution in [-0.4, -0.2) is 46.5 Å². The molecule has 0 unspecified atom stereocenters. The zero-order chi connectivity index (χ0) is 21.6. The van der Waals surface area contributed by atoms with E-state index in [-0.39, 0.29) is 18.4 Å². The molecule has 9 nitrogen and oxygen atoms in total. The number of nitrogens with zero attached hydrogens (tertiary/aromatic N) is 4. The van der Waals surface area contributed by atoms with E-state index in [9.17, 15) is 9.59 Å². The second kappa shape index (κ2) is 9.57. The predicted molar refractivity (Wildman–Crippen MR) is 114 cm³/mol. The normalized spacial score (nSPS) is 13.9. The summed E-state index contributed by atoms with van der Waals surface area (Å²) in [5.74, 6) is 1.26. The minimum absolute atomic E-state index is 0.135. The number of aromatic nitrogens is 2. The number of anilines is 2. The third-order valence-electron chi connectivity index (χ3n) is 5.00. The Morgan fingerprint density at radius 1 is 1.23 bits per heavy atom. The summed E-state index contributed by atoms with van der Waals surface area (Å²) in [4.78, 5) is 28.2. The molecule has 4 rings (SSSR count). The van der Waals surface area contributed by atoms with E-state index in [2.05, 4.69) is 15.5 Å². The van der Waals surface area contributed by atoms with E-state index in [1.807, 2.05) is 36.1 Å². The lowest BCUT2D eigenvalue weighted by Crippen LogP contribution is -2.33. The number of hydrogen-bond acceptors (Lipinski definition) is 7. The van der Waals surface area contributed by atoms with E-state index < -0.39 is 0 Å². The molecule has 9 heteroatoms. The van der Waals surface area contributed by atoms with Crippen LogP contribution in [0.25, 0.3) is 11.7 Å². The molecule has 0 radical (unpaired) electrons. The van der Waals surface area contributed by atoms with Gasteiger partial charge in [0, 0.05) is 24.3 Å². The van der Waals surface area contributed by atoms with E-state index in [4.69, 9.17) is 8.83 Å². The molecular weight excluding hydrogens is 398 g/mol. The standard InChI is InChI=1S/C22H25N5O4/c1-2-11-26(15-20-24-25-22(31-20)18-5-4-13-30-18)14-19(28)23-16-7-9-17(10-8-16)27-12-3-6-21(27)29/h4-5,7-10,13H,2-3,6,11-12,14-15H2,1H3,(H,23,28). The summed E-state index contributed by atoms with van der Waals surface area (Å²) in [7, 11) is 0. The summed E-state index contributed by atoms with van der Waals surface area (Å²) in [5, 5.41) is 11.0. The van der Waals surface area contributed by atoms with Gasteiger partial charge in [-0.3, -0.25) is 14.5 Å². The van der Waals surface area contributed by atoms with Gasteiger partial charge in [0.2, 0.25) is 17.7 Å². The minimum atomic E-state index is -0.135. The van der Waals surface area contributed by atoms with Crippen LogP contribution in [0.5, 0.6) is 0 Å². The molecular formula is C22H25N5O4. The average molecular weight is 423 g/mol.